The van der Waals surface area contributed by atoms with Crippen LogP contribution >= 0.6 is 0 Å². The van der Waals surface area contributed by atoms with Crippen LogP contribution < -0.4 is 0 Å². The lowest BCUT2D eigenvalue weighted by Gasteiger charge is -2.10. The van der Waals surface area contributed by atoms with Gasteiger partial charge < -0.3 is 0 Å². The maximum atomic E-state index is 4.24. The Hall–Kier alpha value is -5.01. The topological polar surface area (TPSA) is 12.9 Å². The fourth-order valence-electron chi connectivity index (χ4n) is 5.98. The van der Waals surface area contributed by atoms with Crippen LogP contribution in [0, 0.1) is 0 Å². The number of nitrogens with zero attached hydrogens (tertiary/aromatic N) is 1. The van der Waals surface area contributed by atoms with Crippen molar-refractivity contribution in [2.24, 2.45) is 0 Å². The maximum Gasteiger partial charge on any atom is 0.0346 e. The number of fused-ring (bicyclic) bond motifs is 4. The second kappa shape index (κ2) is 8.26. The first-order chi connectivity index (χ1) is 18.8. The molecule has 0 atom stereocenters. The van der Waals surface area contributed by atoms with Gasteiger partial charge in [-0.1, -0.05) is 97.1 Å². The second-order valence-electron chi connectivity index (χ2n) is 10.1. The molecule has 0 saturated heterocycles. The van der Waals surface area contributed by atoms with Crippen LogP contribution in [0.4, 0.5) is 0 Å². The summed E-state index contributed by atoms with van der Waals surface area (Å²) in [4.78, 5) is 4.24. The van der Waals surface area contributed by atoms with Crippen molar-refractivity contribution in [1.29, 1.82) is 0 Å². The predicted octanol–water partition coefficient (Wildman–Crippen LogP) is 10.0. The Balaban J connectivity index is 1.17. The third-order valence-electron chi connectivity index (χ3n) is 7.87. The van der Waals surface area contributed by atoms with Gasteiger partial charge in [0.25, 0.3) is 0 Å². The van der Waals surface area contributed by atoms with Crippen LogP contribution in [0.2, 0.25) is 0 Å². The molecule has 7 aromatic rings. The Labute approximate surface area is 221 Å². The zero-order valence-corrected chi connectivity index (χ0v) is 20.7. The molecule has 1 aliphatic rings. The van der Waals surface area contributed by atoms with E-state index < -0.39 is 0 Å². The molecule has 1 heterocycles. The summed E-state index contributed by atoms with van der Waals surface area (Å²) in [6.45, 7) is 0. The lowest BCUT2D eigenvalue weighted by molar-refractivity contribution is 1.33. The van der Waals surface area contributed by atoms with Gasteiger partial charge in [0.15, 0.2) is 0 Å². The van der Waals surface area contributed by atoms with Crippen molar-refractivity contribution in [2.75, 3.05) is 0 Å². The Morgan fingerprint density at radius 2 is 0.947 bits per heavy atom. The number of pyridine rings is 1. The zero-order chi connectivity index (χ0) is 25.1. The van der Waals surface area contributed by atoms with Crippen molar-refractivity contribution in [3.63, 3.8) is 0 Å². The van der Waals surface area contributed by atoms with E-state index in [2.05, 4.69) is 126 Å². The normalized spacial score (nSPS) is 11.7. The molecule has 8 rings (SSSR count). The van der Waals surface area contributed by atoms with E-state index in [1.165, 1.54) is 71.6 Å². The smallest absolute Gasteiger partial charge is 0.0346 e. The van der Waals surface area contributed by atoms with Gasteiger partial charge in [0.1, 0.15) is 0 Å². The Morgan fingerprint density at radius 1 is 0.342 bits per heavy atom. The van der Waals surface area contributed by atoms with Gasteiger partial charge in [-0.25, -0.2) is 0 Å². The SMILES string of the molecule is c1cncc(-c2ccc(-c3ccc4cc(-c5cc6c7c(cccc7c5)-c5ccccc5-6)ccc4c3)cc2)c1. The third-order valence-corrected chi connectivity index (χ3v) is 7.87. The minimum atomic E-state index is 1.14. The molecule has 176 valence electrons. The molecule has 38 heavy (non-hydrogen) atoms. The standard InChI is InChI=1S/C37H23N/c1-2-8-34-33(7-1)35-9-3-5-30-21-32(22-36(34)37(30)35)29-17-16-27-19-26(14-15-28(27)20-29)24-10-12-25(13-11-24)31-6-4-18-38-23-31/h1-23H. The van der Waals surface area contributed by atoms with Crippen LogP contribution in [0.5, 0.6) is 0 Å². The lowest BCUT2D eigenvalue weighted by atomic mass is 9.94. The molecule has 1 aliphatic carbocycles. The van der Waals surface area contributed by atoms with E-state index in [0.29, 0.717) is 0 Å². The van der Waals surface area contributed by atoms with Crippen molar-refractivity contribution in [2.45, 2.75) is 0 Å². The van der Waals surface area contributed by atoms with E-state index in [1.807, 2.05) is 18.5 Å². The minimum Gasteiger partial charge on any atom is -0.264 e. The van der Waals surface area contributed by atoms with E-state index in [-0.39, 0.29) is 0 Å². The Bertz CT molecular complexity index is 2000. The van der Waals surface area contributed by atoms with Crippen molar-refractivity contribution in [3.05, 3.63) is 140 Å². The van der Waals surface area contributed by atoms with Gasteiger partial charge in [0.05, 0.1) is 0 Å². The van der Waals surface area contributed by atoms with Crippen molar-refractivity contribution >= 4 is 21.5 Å². The van der Waals surface area contributed by atoms with Crippen molar-refractivity contribution in [1.82, 2.24) is 4.98 Å². The summed E-state index contributed by atoms with van der Waals surface area (Å²) in [5.74, 6) is 0. The minimum absolute atomic E-state index is 1.14. The number of rotatable bonds is 3. The number of hydrogen-bond acceptors (Lipinski definition) is 1. The molecule has 0 saturated carbocycles. The molecular weight excluding hydrogens is 458 g/mol. The van der Waals surface area contributed by atoms with Gasteiger partial charge >= 0.3 is 0 Å². The molecule has 1 aromatic heterocycles. The highest BCUT2D eigenvalue weighted by atomic mass is 14.6. The summed E-state index contributed by atoms with van der Waals surface area (Å²) in [5.41, 5.74) is 12.6. The molecule has 0 N–H and O–H groups in total. The molecule has 1 heteroatoms. The van der Waals surface area contributed by atoms with Crippen molar-refractivity contribution < 1.29 is 0 Å². The van der Waals surface area contributed by atoms with E-state index in [0.717, 1.165) is 5.56 Å². The first-order valence-electron chi connectivity index (χ1n) is 13.0. The number of hydrogen-bond donors (Lipinski definition) is 0. The molecule has 0 bridgehead atoms. The second-order valence-corrected chi connectivity index (χ2v) is 10.1. The van der Waals surface area contributed by atoms with Gasteiger partial charge in [-0.3, -0.25) is 4.98 Å². The largest absolute Gasteiger partial charge is 0.264 e. The van der Waals surface area contributed by atoms with E-state index in [4.69, 9.17) is 0 Å². The molecule has 0 aliphatic heterocycles. The highest BCUT2D eigenvalue weighted by molar-refractivity contribution is 6.16. The zero-order valence-electron chi connectivity index (χ0n) is 20.7. The third kappa shape index (κ3) is 3.29. The Morgan fingerprint density at radius 3 is 1.66 bits per heavy atom. The van der Waals surface area contributed by atoms with Crippen LogP contribution in [0.3, 0.4) is 0 Å². The van der Waals surface area contributed by atoms with Crippen molar-refractivity contribution in [3.8, 4) is 55.6 Å². The maximum absolute atomic E-state index is 4.24. The van der Waals surface area contributed by atoms with E-state index in [1.54, 1.807) is 0 Å². The number of aromatic nitrogens is 1. The summed E-state index contributed by atoms with van der Waals surface area (Å²) in [6, 6.07) is 46.6. The van der Waals surface area contributed by atoms with Crippen LogP contribution in [0.15, 0.2) is 140 Å². The molecular formula is C37H23N. The Kier molecular flexibility index (Phi) is 4.59. The van der Waals surface area contributed by atoms with E-state index >= 15 is 0 Å². The molecule has 0 radical (unpaired) electrons. The molecule has 6 aromatic carbocycles. The molecule has 1 nitrogen and oxygen atoms in total. The first-order valence-corrected chi connectivity index (χ1v) is 13.0. The summed E-state index contributed by atoms with van der Waals surface area (Å²) >= 11 is 0. The fraction of sp³-hybridized carbons (Fsp3) is 0. The highest BCUT2D eigenvalue weighted by Crippen LogP contribution is 2.48. The summed E-state index contributed by atoms with van der Waals surface area (Å²) in [5, 5.41) is 5.18. The average Bonchev–Trinajstić information content (AvgIpc) is 3.32. The molecule has 0 fully saturated rings. The van der Waals surface area contributed by atoms with Crippen LogP contribution in [0.1, 0.15) is 0 Å². The van der Waals surface area contributed by atoms with Crippen LogP contribution in [0.25, 0.3) is 77.2 Å². The summed E-state index contributed by atoms with van der Waals surface area (Å²) in [6.07, 6.45) is 3.71. The molecule has 0 unspecified atom stereocenters. The predicted molar refractivity (Wildman–Crippen MR) is 160 cm³/mol. The lowest BCUT2D eigenvalue weighted by Crippen LogP contribution is -1.84. The van der Waals surface area contributed by atoms with Gasteiger partial charge in [-0.2, -0.15) is 0 Å². The quantitative estimate of drug-likeness (QED) is 0.245. The van der Waals surface area contributed by atoms with Gasteiger partial charge in [-0.05, 0) is 108 Å². The van der Waals surface area contributed by atoms with Gasteiger partial charge in [0, 0.05) is 12.4 Å². The van der Waals surface area contributed by atoms with E-state index in [9.17, 15) is 0 Å². The highest BCUT2D eigenvalue weighted by Gasteiger charge is 2.21. The molecule has 0 spiro atoms. The average molecular weight is 482 g/mol. The summed E-state index contributed by atoms with van der Waals surface area (Å²) in [7, 11) is 0. The van der Waals surface area contributed by atoms with Gasteiger partial charge in [0.2, 0.25) is 0 Å². The van der Waals surface area contributed by atoms with Gasteiger partial charge in [-0.15, -0.1) is 0 Å². The summed E-state index contributed by atoms with van der Waals surface area (Å²) < 4.78 is 0. The first kappa shape index (κ1) is 21.1. The van der Waals surface area contributed by atoms with Crippen LogP contribution in [-0.4, -0.2) is 4.98 Å². The fourth-order valence-corrected chi connectivity index (χ4v) is 5.98. The number of benzene rings is 6. The monoisotopic (exact) mass is 481 g/mol. The van der Waals surface area contributed by atoms with Crippen LogP contribution in [-0.2, 0) is 0 Å². The molecule has 0 amide bonds.